The molecule has 6 nitrogen and oxygen atoms in total. The number of fused-ring (bicyclic) bond motifs is 1. The van der Waals surface area contributed by atoms with Crippen molar-refractivity contribution in [3.8, 4) is 5.75 Å². The van der Waals surface area contributed by atoms with Gasteiger partial charge < -0.3 is 10.1 Å². The second-order valence-corrected chi connectivity index (χ2v) is 8.31. The number of rotatable bonds is 4. The fourth-order valence-corrected chi connectivity index (χ4v) is 4.69. The maximum Gasteiger partial charge on any atom is 0.264 e. The van der Waals surface area contributed by atoms with Gasteiger partial charge in [-0.25, -0.2) is 8.42 Å². The van der Waals surface area contributed by atoms with Crippen LogP contribution >= 0.6 is 0 Å². The first-order chi connectivity index (χ1) is 12.3. The number of nitrogens with zero attached hydrogens (tertiary/aromatic N) is 1. The van der Waals surface area contributed by atoms with E-state index in [1.807, 2.05) is 13.0 Å². The summed E-state index contributed by atoms with van der Waals surface area (Å²) in [5.41, 5.74) is 2.43. The number of nitrogens with one attached hydrogen (secondary N) is 1. The van der Waals surface area contributed by atoms with E-state index in [-0.39, 0.29) is 23.4 Å². The molecule has 1 atom stereocenters. The molecule has 7 heteroatoms. The zero-order valence-corrected chi connectivity index (χ0v) is 15.8. The lowest BCUT2D eigenvalue weighted by Gasteiger charge is -2.35. The number of carbonyl (C=O) groups excluding carboxylic acids is 1. The average Bonchev–Trinajstić information content (AvgIpc) is 2.60. The van der Waals surface area contributed by atoms with Gasteiger partial charge in [0, 0.05) is 13.0 Å². The van der Waals surface area contributed by atoms with Crippen LogP contribution in [0.3, 0.4) is 0 Å². The number of ether oxygens (including phenoxy) is 1. The topological polar surface area (TPSA) is 75.7 Å². The van der Waals surface area contributed by atoms with Gasteiger partial charge in [-0.15, -0.1) is 0 Å². The Hall–Kier alpha value is -2.54. The Morgan fingerprint density at radius 2 is 1.88 bits per heavy atom. The Balaban J connectivity index is 2.08. The molecule has 138 valence electrons. The zero-order valence-electron chi connectivity index (χ0n) is 15.0. The van der Waals surface area contributed by atoms with E-state index in [0.717, 1.165) is 11.1 Å². The molecule has 2 aromatic carbocycles. The molecule has 0 radical (unpaired) electrons. The van der Waals surface area contributed by atoms with Crippen molar-refractivity contribution >= 4 is 21.6 Å². The van der Waals surface area contributed by atoms with Gasteiger partial charge in [0.2, 0.25) is 5.91 Å². The van der Waals surface area contributed by atoms with Crippen molar-refractivity contribution in [3.05, 3.63) is 53.6 Å². The largest absolute Gasteiger partial charge is 0.497 e. The number of sulfonamides is 1. The van der Waals surface area contributed by atoms with Crippen molar-refractivity contribution in [2.75, 3.05) is 18.0 Å². The lowest BCUT2D eigenvalue weighted by Crippen LogP contribution is -2.49. The minimum atomic E-state index is -3.76. The van der Waals surface area contributed by atoms with Gasteiger partial charge >= 0.3 is 0 Å². The molecule has 1 aliphatic rings. The first kappa shape index (κ1) is 18.3. The quantitative estimate of drug-likeness (QED) is 0.891. The Morgan fingerprint density at radius 3 is 2.50 bits per heavy atom. The summed E-state index contributed by atoms with van der Waals surface area (Å²) < 4.78 is 33.2. The Kier molecular flexibility index (Phi) is 4.91. The smallest absolute Gasteiger partial charge is 0.264 e. The third-order valence-electron chi connectivity index (χ3n) is 4.43. The summed E-state index contributed by atoms with van der Waals surface area (Å²) in [6, 6.07) is 11.8. The van der Waals surface area contributed by atoms with E-state index in [1.54, 1.807) is 43.5 Å². The van der Waals surface area contributed by atoms with E-state index in [2.05, 4.69) is 5.32 Å². The SMILES string of the molecule is COc1ccc2c(c1)N(S(=O)(=O)c1ccc(C)cc1)C[C@H](NC(C)=O)C2. The van der Waals surface area contributed by atoms with Crippen LogP contribution in [-0.4, -0.2) is 34.0 Å². The van der Waals surface area contributed by atoms with Crippen molar-refractivity contribution in [2.45, 2.75) is 31.2 Å². The molecule has 0 saturated heterocycles. The summed E-state index contributed by atoms with van der Waals surface area (Å²) in [4.78, 5) is 11.7. The lowest BCUT2D eigenvalue weighted by atomic mass is 9.99. The molecule has 0 fully saturated rings. The lowest BCUT2D eigenvalue weighted by molar-refractivity contribution is -0.119. The monoisotopic (exact) mass is 374 g/mol. The van der Waals surface area contributed by atoms with E-state index in [1.165, 1.54) is 11.2 Å². The third-order valence-corrected chi connectivity index (χ3v) is 6.22. The Morgan fingerprint density at radius 1 is 1.19 bits per heavy atom. The number of carbonyl (C=O) groups is 1. The van der Waals surface area contributed by atoms with Gasteiger partial charge in [0.25, 0.3) is 10.0 Å². The van der Waals surface area contributed by atoms with Gasteiger partial charge in [-0.05, 0) is 37.1 Å². The maximum atomic E-state index is 13.3. The molecule has 3 rings (SSSR count). The minimum Gasteiger partial charge on any atom is -0.497 e. The molecule has 0 aliphatic carbocycles. The van der Waals surface area contributed by atoms with Crippen LogP contribution in [0.15, 0.2) is 47.4 Å². The summed E-state index contributed by atoms with van der Waals surface area (Å²) in [5.74, 6) is 0.408. The third kappa shape index (κ3) is 3.53. The molecule has 26 heavy (non-hydrogen) atoms. The van der Waals surface area contributed by atoms with Crippen LogP contribution in [0.25, 0.3) is 0 Å². The highest BCUT2D eigenvalue weighted by atomic mass is 32.2. The van der Waals surface area contributed by atoms with Gasteiger partial charge in [-0.1, -0.05) is 23.8 Å². The van der Waals surface area contributed by atoms with Gasteiger partial charge in [-0.3, -0.25) is 9.10 Å². The summed E-state index contributed by atoms with van der Waals surface area (Å²) in [5, 5.41) is 2.84. The van der Waals surface area contributed by atoms with Crippen molar-refractivity contribution in [3.63, 3.8) is 0 Å². The summed E-state index contributed by atoms with van der Waals surface area (Å²) in [6.07, 6.45) is 0.568. The van der Waals surface area contributed by atoms with Crippen LogP contribution in [0, 0.1) is 6.92 Å². The van der Waals surface area contributed by atoms with Crippen LogP contribution in [0.2, 0.25) is 0 Å². The molecular weight excluding hydrogens is 352 g/mol. The van der Waals surface area contributed by atoms with Crippen molar-refractivity contribution < 1.29 is 17.9 Å². The van der Waals surface area contributed by atoms with Crippen LogP contribution in [0.5, 0.6) is 5.75 Å². The number of methoxy groups -OCH3 is 1. The number of anilines is 1. The van der Waals surface area contributed by atoms with Gasteiger partial charge in [-0.2, -0.15) is 0 Å². The molecule has 0 aromatic heterocycles. The summed E-state index contributed by atoms with van der Waals surface area (Å²) in [6.45, 7) is 3.52. The molecule has 0 spiro atoms. The molecule has 0 bridgehead atoms. The van der Waals surface area contributed by atoms with Gasteiger partial charge in [0.15, 0.2) is 0 Å². The van der Waals surface area contributed by atoms with E-state index in [9.17, 15) is 13.2 Å². The van der Waals surface area contributed by atoms with Crippen LogP contribution in [0.4, 0.5) is 5.69 Å². The molecule has 1 aliphatic heterocycles. The second-order valence-electron chi connectivity index (χ2n) is 6.45. The predicted octanol–water partition coefficient (Wildman–Crippen LogP) is 2.26. The van der Waals surface area contributed by atoms with E-state index < -0.39 is 10.0 Å². The first-order valence-electron chi connectivity index (χ1n) is 8.34. The maximum absolute atomic E-state index is 13.3. The number of hydrogen-bond acceptors (Lipinski definition) is 4. The van der Waals surface area contributed by atoms with Crippen LogP contribution in [0.1, 0.15) is 18.1 Å². The number of aryl methyl sites for hydroxylation is 1. The summed E-state index contributed by atoms with van der Waals surface area (Å²) >= 11 is 0. The fourth-order valence-electron chi connectivity index (χ4n) is 3.15. The van der Waals surface area contributed by atoms with E-state index in [0.29, 0.717) is 17.9 Å². The highest BCUT2D eigenvalue weighted by Gasteiger charge is 2.34. The zero-order chi connectivity index (χ0) is 18.9. The van der Waals surface area contributed by atoms with Crippen LogP contribution in [-0.2, 0) is 21.2 Å². The predicted molar refractivity (Wildman–Crippen MR) is 100 cm³/mol. The normalized spacial score (nSPS) is 16.7. The molecule has 0 unspecified atom stereocenters. The van der Waals surface area contributed by atoms with Gasteiger partial charge in [0.1, 0.15) is 5.75 Å². The minimum absolute atomic E-state index is 0.177. The van der Waals surface area contributed by atoms with Crippen molar-refractivity contribution in [1.82, 2.24) is 5.32 Å². The molecule has 1 N–H and O–H groups in total. The number of hydrogen-bond donors (Lipinski definition) is 1. The molecule has 1 amide bonds. The molecular formula is C19H22N2O4S. The van der Waals surface area contributed by atoms with E-state index >= 15 is 0 Å². The molecule has 2 aromatic rings. The summed E-state index contributed by atoms with van der Waals surface area (Å²) in [7, 11) is -2.21. The van der Waals surface area contributed by atoms with Crippen molar-refractivity contribution in [1.29, 1.82) is 0 Å². The Bertz CT molecular complexity index is 923. The highest BCUT2D eigenvalue weighted by molar-refractivity contribution is 7.92. The fraction of sp³-hybridized carbons (Fsp3) is 0.316. The number of benzene rings is 2. The molecule has 1 heterocycles. The first-order valence-corrected chi connectivity index (χ1v) is 9.78. The van der Waals surface area contributed by atoms with Gasteiger partial charge in [0.05, 0.1) is 30.3 Å². The van der Waals surface area contributed by atoms with Crippen molar-refractivity contribution in [2.24, 2.45) is 0 Å². The number of amides is 1. The second kappa shape index (κ2) is 6.99. The Labute approximate surface area is 153 Å². The van der Waals surface area contributed by atoms with Crippen LogP contribution < -0.4 is 14.4 Å². The highest BCUT2D eigenvalue weighted by Crippen LogP contribution is 2.35. The van der Waals surface area contributed by atoms with E-state index in [4.69, 9.17) is 4.74 Å². The average molecular weight is 374 g/mol. The standard InChI is InChI=1S/C19H22N2O4S/c1-13-4-8-18(9-5-13)26(23,24)21-12-16(20-14(2)22)10-15-6-7-17(25-3)11-19(15)21/h4-9,11,16H,10,12H2,1-3H3,(H,20,22)/t16-/m1/s1. The molecule has 0 saturated carbocycles.